The lowest BCUT2D eigenvalue weighted by atomic mass is 9.96. The number of ether oxygens (including phenoxy) is 6. The largest absolute Gasteiger partial charge is 0.394 e. The zero-order valence-electron chi connectivity index (χ0n) is 65.3. The number of hydrogen-bond donors (Lipinski definition) is 12. The highest BCUT2D eigenvalue weighted by Crippen LogP contribution is 2.33. The number of allylic oxidation sites excluding steroid dienone is 9. The van der Waals surface area contributed by atoms with Crippen molar-refractivity contribution in [1.29, 1.82) is 0 Å². The molecule has 3 saturated heterocycles. The summed E-state index contributed by atoms with van der Waals surface area (Å²) in [5.41, 5.74) is 0. The van der Waals surface area contributed by atoms with Gasteiger partial charge in [0.15, 0.2) is 18.9 Å². The Balaban J connectivity index is 1.28. The Bertz CT molecular complexity index is 2110. The Kier molecular flexibility index (Phi) is 60.0. The van der Waals surface area contributed by atoms with Crippen LogP contribution in [0.5, 0.6) is 0 Å². The van der Waals surface area contributed by atoms with Crippen LogP contribution in [0.15, 0.2) is 60.8 Å². The van der Waals surface area contributed by atoms with E-state index in [9.17, 15) is 61.0 Å². The molecule has 3 fully saturated rings. The van der Waals surface area contributed by atoms with Gasteiger partial charge < -0.3 is 89.9 Å². The third-order valence-corrected chi connectivity index (χ3v) is 21.1. The highest BCUT2D eigenvalue weighted by molar-refractivity contribution is 5.76. The van der Waals surface area contributed by atoms with Gasteiger partial charge in [-0.25, -0.2) is 0 Å². The Morgan fingerprint density at radius 1 is 0.356 bits per heavy atom. The fourth-order valence-corrected chi connectivity index (χ4v) is 14.3. The van der Waals surface area contributed by atoms with E-state index in [0.717, 1.165) is 70.6 Å². The second kappa shape index (κ2) is 65.2. The third kappa shape index (κ3) is 44.4. The summed E-state index contributed by atoms with van der Waals surface area (Å²) in [5, 5.41) is 121. The van der Waals surface area contributed by atoms with Gasteiger partial charge in [-0.15, -0.1) is 0 Å². The molecule has 608 valence electrons. The molecule has 3 rings (SSSR count). The van der Waals surface area contributed by atoms with Gasteiger partial charge in [-0.2, -0.15) is 0 Å². The molecule has 0 aromatic carbocycles. The van der Waals surface area contributed by atoms with Crippen molar-refractivity contribution in [1.82, 2.24) is 5.32 Å². The number of carbonyl (C=O) groups excluding carboxylic acids is 1. The van der Waals surface area contributed by atoms with Crippen LogP contribution >= 0.6 is 0 Å². The maximum Gasteiger partial charge on any atom is 0.220 e. The number of carbonyl (C=O) groups is 1. The summed E-state index contributed by atoms with van der Waals surface area (Å²) in [6.45, 7) is 1.66. The van der Waals surface area contributed by atoms with Crippen LogP contribution in [0.2, 0.25) is 0 Å². The maximum atomic E-state index is 13.5. The fourth-order valence-electron chi connectivity index (χ4n) is 14.3. The predicted molar refractivity (Wildman–Crippen MR) is 415 cm³/mol. The fraction of sp³-hybridized carbons (Fsp3) is 0.871. The molecule has 19 nitrogen and oxygen atoms in total. The first-order valence-corrected chi connectivity index (χ1v) is 42.5. The molecule has 19 heteroatoms. The average molecular weight is 1480 g/mol. The highest BCUT2D eigenvalue weighted by Gasteiger charge is 2.54. The number of aliphatic hydroxyl groups is 11. The molecule has 3 heterocycles. The first-order valence-electron chi connectivity index (χ1n) is 42.5. The normalized spacial score (nSPS) is 26.2. The number of hydrogen-bond acceptors (Lipinski definition) is 18. The van der Waals surface area contributed by atoms with Gasteiger partial charge in [0.05, 0.1) is 38.6 Å². The summed E-state index contributed by atoms with van der Waals surface area (Å²) < 4.78 is 34.5. The van der Waals surface area contributed by atoms with Crippen molar-refractivity contribution in [2.24, 2.45) is 0 Å². The van der Waals surface area contributed by atoms with Crippen molar-refractivity contribution in [2.45, 2.75) is 446 Å². The number of amides is 1. The molecule has 17 unspecified atom stereocenters. The minimum atomic E-state index is -1.98. The Hall–Kier alpha value is -2.51. The molecule has 0 aromatic heterocycles. The molecule has 0 aliphatic carbocycles. The molecular formula is C85H155NO18. The van der Waals surface area contributed by atoms with Crippen LogP contribution < -0.4 is 5.32 Å². The van der Waals surface area contributed by atoms with Crippen molar-refractivity contribution in [3.63, 3.8) is 0 Å². The minimum Gasteiger partial charge on any atom is -0.394 e. The van der Waals surface area contributed by atoms with Gasteiger partial charge in [-0.05, 0) is 57.8 Å². The summed E-state index contributed by atoms with van der Waals surface area (Å²) >= 11 is 0. The van der Waals surface area contributed by atoms with Crippen molar-refractivity contribution >= 4 is 5.91 Å². The quantitative estimate of drug-likeness (QED) is 0.0199. The zero-order valence-corrected chi connectivity index (χ0v) is 65.3. The van der Waals surface area contributed by atoms with Gasteiger partial charge in [0, 0.05) is 6.42 Å². The van der Waals surface area contributed by atoms with Gasteiger partial charge in [0.1, 0.15) is 73.2 Å². The standard InChI is InChI=1S/C85H155NO18/c1-3-5-7-9-11-13-15-17-19-21-23-24-25-26-27-28-29-30-31-32-33-34-35-36-37-38-39-40-41-42-43-44-45-47-49-51-53-55-57-59-61-63-73(91)86-68(69(90)62-60-58-56-54-52-50-48-46-22-20-18-16-14-12-10-8-6-4-2)67-99-83-79(97)76(94)81(71(65-88)101-83)104-85-80(98)77(95)82(72(66-89)102-85)103-84-78(96)75(93)74(92)70(64-87)100-84/h5,7,11,13,17,19,23-24,60,62,68-72,74-85,87-90,92-98H,3-4,6,8-10,12,14-16,18,20-22,25-59,61,63-67H2,1-2H3,(H,86,91)/b7-5-,13-11-,19-17-,24-23-,62-60+. The summed E-state index contributed by atoms with van der Waals surface area (Å²) in [6, 6.07) is -0.973. The van der Waals surface area contributed by atoms with Crippen LogP contribution in [-0.4, -0.2) is 193 Å². The van der Waals surface area contributed by atoms with Crippen LogP contribution in [0.1, 0.15) is 341 Å². The SMILES string of the molecule is CC/C=C\C/C=C\C/C=C\C/C=C\CCCCCCCCCCCCCCCCCCCCCCCCCCCCCCC(=O)NC(COC1OC(CO)C(OC2OC(CO)C(OC3OC(CO)C(O)C(O)C3O)C(O)C2O)C(O)C1O)C(O)/C=C/CCCCCCCCCCCCCCCCCC. The highest BCUT2D eigenvalue weighted by atomic mass is 16.8. The summed E-state index contributed by atoms with van der Waals surface area (Å²) in [4.78, 5) is 13.5. The molecule has 0 aromatic rings. The lowest BCUT2D eigenvalue weighted by Crippen LogP contribution is -2.66. The van der Waals surface area contributed by atoms with Gasteiger partial charge in [-0.3, -0.25) is 4.79 Å². The molecule has 1 amide bonds. The Morgan fingerprint density at radius 2 is 0.663 bits per heavy atom. The summed E-state index contributed by atoms with van der Waals surface area (Å²) in [5.74, 6) is -0.269. The molecule has 104 heavy (non-hydrogen) atoms. The second-order valence-corrected chi connectivity index (χ2v) is 30.3. The molecular weight excluding hydrogens is 1320 g/mol. The van der Waals surface area contributed by atoms with E-state index in [1.165, 1.54) is 244 Å². The smallest absolute Gasteiger partial charge is 0.220 e. The lowest BCUT2D eigenvalue weighted by Gasteiger charge is -2.48. The molecule has 0 bridgehead atoms. The predicted octanol–water partition coefficient (Wildman–Crippen LogP) is 15.0. The number of nitrogens with one attached hydrogen (secondary N) is 1. The van der Waals surface area contributed by atoms with E-state index in [-0.39, 0.29) is 18.9 Å². The first-order chi connectivity index (χ1) is 50.8. The van der Waals surface area contributed by atoms with Crippen LogP contribution in [0, 0.1) is 0 Å². The van der Waals surface area contributed by atoms with Crippen LogP contribution in [-0.2, 0) is 33.2 Å². The molecule has 0 saturated carbocycles. The number of unbranched alkanes of at least 4 members (excludes halogenated alkanes) is 44. The average Bonchev–Trinajstić information content (AvgIpc) is 0.783. The van der Waals surface area contributed by atoms with Crippen molar-refractivity contribution in [2.75, 3.05) is 26.4 Å². The van der Waals surface area contributed by atoms with Crippen LogP contribution in [0.4, 0.5) is 0 Å². The Labute approximate surface area is 630 Å². The minimum absolute atomic E-state index is 0.247. The Morgan fingerprint density at radius 3 is 1.04 bits per heavy atom. The van der Waals surface area contributed by atoms with E-state index in [1.807, 2.05) is 6.08 Å². The molecule has 0 radical (unpaired) electrons. The van der Waals surface area contributed by atoms with E-state index in [4.69, 9.17) is 28.4 Å². The maximum absolute atomic E-state index is 13.5. The molecule has 12 N–H and O–H groups in total. The van der Waals surface area contributed by atoms with Crippen molar-refractivity contribution < 1.29 is 89.4 Å². The zero-order chi connectivity index (χ0) is 75.3. The van der Waals surface area contributed by atoms with E-state index < -0.39 is 124 Å². The molecule has 17 atom stereocenters. The van der Waals surface area contributed by atoms with E-state index in [0.29, 0.717) is 6.42 Å². The lowest BCUT2D eigenvalue weighted by molar-refractivity contribution is -0.379. The van der Waals surface area contributed by atoms with Gasteiger partial charge in [0.25, 0.3) is 0 Å². The van der Waals surface area contributed by atoms with E-state index >= 15 is 0 Å². The van der Waals surface area contributed by atoms with Gasteiger partial charge in [-0.1, -0.05) is 338 Å². The molecule has 3 aliphatic rings. The van der Waals surface area contributed by atoms with Crippen molar-refractivity contribution in [3.05, 3.63) is 60.8 Å². The van der Waals surface area contributed by atoms with E-state index in [1.54, 1.807) is 6.08 Å². The van der Waals surface area contributed by atoms with Crippen molar-refractivity contribution in [3.8, 4) is 0 Å². The third-order valence-electron chi connectivity index (χ3n) is 21.1. The number of rotatable bonds is 68. The topological polar surface area (TPSA) is 307 Å². The first kappa shape index (κ1) is 95.7. The second-order valence-electron chi connectivity index (χ2n) is 30.3. The van der Waals surface area contributed by atoms with Gasteiger partial charge in [0.2, 0.25) is 5.91 Å². The molecule has 0 spiro atoms. The van der Waals surface area contributed by atoms with E-state index in [2.05, 4.69) is 67.8 Å². The van der Waals surface area contributed by atoms with Crippen LogP contribution in [0.3, 0.4) is 0 Å². The van der Waals surface area contributed by atoms with Gasteiger partial charge >= 0.3 is 0 Å². The monoisotopic (exact) mass is 1480 g/mol. The number of aliphatic hydroxyl groups excluding tert-OH is 11. The summed E-state index contributed by atoms with van der Waals surface area (Å²) in [6.07, 6.45) is 58.1. The molecule has 3 aliphatic heterocycles. The van der Waals surface area contributed by atoms with Crippen LogP contribution in [0.25, 0.3) is 0 Å². The summed E-state index contributed by atoms with van der Waals surface area (Å²) in [7, 11) is 0.